The van der Waals surface area contributed by atoms with Gasteiger partial charge in [0.15, 0.2) is 0 Å². The first kappa shape index (κ1) is 26.7. The van der Waals surface area contributed by atoms with Gasteiger partial charge in [0.25, 0.3) is 0 Å². The topological polar surface area (TPSA) is 84.9 Å². The standard InChI is InChI=1S/C31H32N2O5/c1-4-37-31(36)30-22(3)33(20-28(34)32-21(2)23-12-7-5-8-13-23)29(35)19-27(30)24-14-11-17-26(18-24)38-25-15-9-6-10-16-25/h5-18,21,27H,4,19-20H2,1-3H3,(H,32,34). The third-order valence-electron chi connectivity index (χ3n) is 6.54. The third-order valence-corrected chi connectivity index (χ3v) is 6.54. The normalized spacial score (nSPS) is 16.1. The van der Waals surface area contributed by atoms with Crippen LogP contribution in [-0.4, -0.2) is 35.8 Å². The lowest BCUT2D eigenvalue weighted by Crippen LogP contribution is -2.44. The maximum atomic E-state index is 13.3. The summed E-state index contributed by atoms with van der Waals surface area (Å²) in [6.07, 6.45) is 0.0296. The molecule has 1 N–H and O–H groups in total. The Morgan fingerprint density at radius 3 is 2.32 bits per heavy atom. The van der Waals surface area contributed by atoms with E-state index in [0.29, 0.717) is 22.8 Å². The Balaban J connectivity index is 1.59. The molecule has 0 saturated heterocycles. The van der Waals surface area contributed by atoms with E-state index in [2.05, 4.69) is 5.32 Å². The fraction of sp³-hybridized carbons (Fsp3) is 0.258. The quantitative estimate of drug-likeness (QED) is 0.382. The van der Waals surface area contributed by atoms with Crippen LogP contribution in [0, 0.1) is 0 Å². The number of nitrogens with one attached hydrogen (secondary N) is 1. The van der Waals surface area contributed by atoms with E-state index in [9.17, 15) is 14.4 Å². The molecule has 2 unspecified atom stereocenters. The Labute approximate surface area is 223 Å². The maximum absolute atomic E-state index is 13.3. The molecule has 2 atom stereocenters. The lowest BCUT2D eigenvalue weighted by Gasteiger charge is -2.34. The predicted octanol–water partition coefficient (Wildman–Crippen LogP) is 5.51. The molecular weight excluding hydrogens is 480 g/mol. The van der Waals surface area contributed by atoms with Crippen LogP contribution in [-0.2, 0) is 19.1 Å². The number of carbonyl (C=O) groups excluding carboxylic acids is 3. The molecule has 0 aromatic heterocycles. The molecule has 2 amide bonds. The Hall–Kier alpha value is -4.39. The molecule has 0 aliphatic carbocycles. The lowest BCUT2D eigenvalue weighted by molar-refractivity contribution is -0.141. The number of esters is 1. The zero-order valence-corrected chi connectivity index (χ0v) is 21.8. The molecule has 0 bridgehead atoms. The average molecular weight is 513 g/mol. The van der Waals surface area contributed by atoms with Crippen molar-refractivity contribution in [2.75, 3.05) is 13.2 Å². The van der Waals surface area contributed by atoms with E-state index in [1.165, 1.54) is 4.90 Å². The summed E-state index contributed by atoms with van der Waals surface area (Å²) >= 11 is 0. The van der Waals surface area contributed by atoms with Gasteiger partial charge in [0.1, 0.15) is 18.0 Å². The van der Waals surface area contributed by atoms with Gasteiger partial charge in [-0.3, -0.25) is 9.59 Å². The first-order valence-electron chi connectivity index (χ1n) is 12.7. The van der Waals surface area contributed by atoms with Gasteiger partial charge in [0, 0.05) is 18.0 Å². The fourth-order valence-corrected chi connectivity index (χ4v) is 4.64. The molecule has 0 fully saturated rings. The highest BCUT2D eigenvalue weighted by Gasteiger charge is 2.37. The molecule has 1 heterocycles. The van der Waals surface area contributed by atoms with E-state index in [1.807, 2.05) is 91.9 Å². The number of carbonyl (C=O) groups is 3. The van der Waals surface area contributed by atoms with E-state index >= 15 is 0 Å². The summed E-state index contributed by atoms with van der Waals surface area (Å²) < 4.78 is 11.3. The second kappa shape index (κ2) is 12.2. The van der Waals surface area contributed by atoms with Gasteiger partial charge in [-0.15, -0.1) is 0 Å². The molecule has 3 aromatic rings. The van der Waals surface area contributed by atoms with Crippen molar-refractivity contribution in [2.45, 2.75) is 39.2 Å². The van der Waals surface area contributed by atoms with Gasteiger partial charge >= 0.3 is 5.97 Å². The largest absolute Gasteiger partial charge is 0.463 e. The Morgan fingerprint density at radius 1 is 0.974 bits per heavy atom. The summed E-state index contributed by atoms with van der Waals surface area (Å²) in [6, 6.07) is 26.1. The monoisotopic (exact) mass is 512 g/mol. The summed E-state index contributed by atoms with van der Waals surface area (Å²) in [4.78, 5) is 40.7. The van der Waals surface area contributed by atoms with E-state index in [4.69, 9.17) is 9.47 Å². The van der Waals surface area contributed by atoms with Crippen LogP contribution in [0.1, 0.15) is 50.3 Å². The van der Waals surface area contributed by atoms with Gasteiger partial charge < -0.3 is 19.7 Å². The first-order valence-corrected chi connectivity index (χ1v) is 12.7. The smallest absolute Gasteiger partial charge is 0.336 e. The third kappa shape index (κ3) is 6.29. The predicted molar refractivity (Wildman–Crippen MR) is 144 cm³/mol. The van der Waals surface area contributed by atoms with Crippen LogP contribution in [0.2, 0.25) is 0 Å². The number of allylic oxidation sites excluding steroid dienone is 1. The maximum Gasteiger partial charge on any atom is 0.336 e. The van der Waals surface area contributed by atoms with Crippen molar-refractivity contribution in [2.24, 2.45) is 0 Å². The van der Waals surface area contributed by atoms with Crippen LogP contribution >= 0.6 is 0 Å². The minimum Gasteiger partial charge on any atom is -0.463 e. The van der Waals surface area contributed by atoms with Crippen LogP contribution in [0.5, 0.6) is 11.5 Å². The van der Waals surface area contributed by atoms with Crippen molar-refractivity contribution in [3.63, 3.8) is 0 Å². The number of para-hydroxylation sites is 1. The van der Waals surface area contributed by atoms with Gasteiger partial charge in [0.05, 0.1) is 18.2 Å². The van der Waals surface area contributed by atoms with Crippen molar-refractivity contribution >= 4 is 17.8 Å². The first-order chi connectivity index (χ1) is 18.4. The zero-order valence-electron chi connectivity index (χ0n) is 21.8. The van der Waals surface area contributed by atoms with Crippen LogP contribution < -0.4 is 10.1 Å². The van der Waals surface area contributed by atoms with Crippen molar-refractivity contribution in [1.82, 2.24) is 10.2 Å². The number of rotatable bonds is 9. The van der Waals surface area contributed by atoms with E-state index in [0.717, 1.165) is 11.1 Å². The summed E-state index contributed by atoms with van der Waals surface area (Å²) in [5, 5.41) is 2.94. The minimum atomic E-state index is -0.525. The SMILES string of the molecule is CCOC(=O)C1=C(C)N(CC(=O)NC(C)c2ccccc2)C(=O)CC1c1cccc(Oc2ccccc2)c1. The van der Waals surface area contributed by atoms with Gasteiger partial charge in [-0.2, -0.15) is 0 Å². The van der Waals surface area contributed by atoms with E-state index < -0.39 is 11.9 Å². The van der Waals surface area contributed by atoms with Gasteiger partial charge in [0.2, 0.25) is 11.8 Å². The van der Waals surface area contributed by atoms with Crippen molar-refractivity contribution < 1.29 is 23.9 Å². The van der Waals surface area contributed by atoms with Crippen LogP contribution in [0.15, 0.2) is 96.2 Å². The molecule has 1 aliphatic heterocycles. The fourth-order valence-electron chi connectivity index (χ4n) is 4.64. The van der Waals surface area contributed by atoms with Crippen LogP contribution in [0.25, 0.3) is 0 Å². The van der Waals surface area contributed by atoms with Gasteiger partial charge in [-0.1, -0.05) is 60.7 Å². The van der Waals surface area contributed by atoms with E-state index in [1.54, 1.807) is 13.8 Å². The lowest BCUT2D eigenvalue weighted by atomic mass is 9.83. The minimum absolute atomic E-state index is 0.0296. The van der Waals surface area contributed by atoms with Gasteiger partial charge in [-0.05, 0) is 56.2 Å². The van der Waals surface area contributed by atoms with Crippen LogP contribution in [0.4, 0.5) is 0 Å². The summed E-state index contributed by atoms with van der Waals surface area (Å²) in [6.45, 7) is 5.32. The second-order valence-corrected chi connectivity index (χ2v) is 9.14. The molecule has 38 heavy (non-hydrogen) atoms. The molecule has 3 aromatic carbocycles. The molecule has 4 rings (SSSR count). The highest BCUT2D eigenvalue weighted by atomic mass is 16.5. The summed E-state index contributed by atoms with van der Waals surface area (Å²) in [7, 11) is 0. The van der Waals surface area contributed by atoms with Crippen molar-refractivity contribution in [3.8, 4) is 11.5 Å². The molecule has 0 radical (unpaired) electrons. The Morgan fingerprint density at radius 2 is 1.63 bits per heavy atom. The molecule has 196 valence electrons. The molecule has 7 nitrogen and oxygen atoms in total. The number of nitrogens with zero attached hydrogens (tertiary/aromatic N) is 1. The number of hydrogen-bond donors (Lipinski definition) is 1. The van der Waals surface area contributed by atoms with Crippen molar-refractivity contribution in [3.05, 3.63) is 107 Å². The number of amides is 2. The summed E-state index contributed by atoms with van der Waals surface area (Å²) in [5.41, 5.74) is 2.51. The zero-order chi connectivity index (χ0) is 27.1. The summed E-state index contributed by atoms with van der Waals surface area (Å²) in [5.74, 6) is -0.294. The highest BCUT2D eigenvalue weighted by molar-refractivity contribution is 5.97. The van der Waals surface area contributed by atoms with Crippen LogP contribution in [0.3, 0.4) is 0 Å². The molecule has 1 aliphatic rings. The molecule has 7 heteroatoms. The molecular formula is C31H32N2O5. The van der Waals surface area contributed by atoms with Gasteiger partial charge in [-0.25, -0.2) is 4.79 Å². The van der Waals surface area contributed by atoms with E-state index in [-0.39, 0.29) is 37.4 Å². The number of ether oxygens (including phenoxy) is 2. The molecule has 0 saturated carbocycles. The Kier molecular flexibility index (Phi) is 8.58. The number of benzene rings is 3. The van der Waals surface area contributed by atoms with Crippen molar-refractivity contribution in [1.29, 1.82) is 0 Å². The highest BCUT2D eigenvalue weighted by Crippen LogP contribution is 2.38. The number of hydrogen-bond acceptors (Lipinski definition) is 5. The average Bonchev–Trinajstić information content (AvgIpc) is 2.92. The Bertz CT molecular complexity index is 1320. The molecule has 0 spiro atoms. The second-order valence-electron chi connectivity index (χ2n) is 9.14.